The minimum Gasteiger partial charge on any atom is -0.508 e. The molecule has 2 aromatic carbocycles. The third kappa shape index (κ3) is 2.53. The van der Waals surface area contributed by atoms with E-state index in [-0.39, 0.29) is 11.6 Å². The Bertz CT molecular complexity index is 804. The average molecular weight is 281 g/mol. The molecule has 0 radical (unpaired) electrons. The van der Waals surface area contributed by atoms with Crippen LogP contribution >= 0.6 is 0 Å². The predicted molar refractivity (Wildman–Crippen MR) is 81.7 cm³/mol. The smallest absolute Gasteiger partial charge is 0.170 e. The monoisotopic (exact) mass is 281 g/mol. The van der Waals surface area contributed by atoms with E-state index < -0.39 is 0 Å². The Kier molecular flexibility index (Phi) is 3.23. The van der Waals surface area contributed by atoms with E-state index in [0.717, 1.165) is 16.5 Å². The van der Waals surface area contributed by atoms with Crippen LogP contribution in [0.3, 0.4) is 0 Å². The van der Waals surface area contributed by atoms with Crippen molar-refractivity contribution in [3.05, 3.63) is 65.9 Å². The molecule has 5 heteroatoms. The zero-order valence-electron chi connectivity index (χ0n) is 11.3. The number of hydrogen-bond donors (Lipinski definition) is 3. The molecule has 3 aromatic rings. The quantitative estimate of drug-likeness (QED) is 0.298. The first-order valence-corrected chi connectivity index (χ1v) is 6.52. The lowest BCUT2D eigenvalue weighted by atomic mass is 10.1. The van der Waals surface area contributed by atoms with E-state index in [4.69, 9.17) is 10.9 Å². The van der Waals surface area contributed by atoms with Gasteiger partial charge in [0.15, 0.2) is 5.84 Å². The second-order valence-corrected chi connectivity index (χ2v) is 4.87. The molecule has 21 heavy (non-hydrogen) atoms. The average Bonchev–Trinajstić information content (AvgIpc) is 2.91. The fourth-order valence-electron chi connectivity index (χ4n) is 2.35. The highest BCUT2D eigenvalue weighted by Crippen LogP contribution is 2.20. The van der Waals surface area contributed by atoms with Gasteiger partial charge >= 0.3 is 0 Å². The molecular weight excluding hydrogens is 266 g/mol. The Morgan fingerprint density at radius 2 is 1.86 bits per heavy atom. The summed E-state index contributed by atoms with van der Waals surface area (Å²) in [6.45, 7) is 0.715. The number of amidine groups is 1. The highest BCUT2D eigenvalue weighted by molar-refractivity contribution is 6.00. The number of fused-ring (bicyclic) bond motifs is 1. The first-order valence-electron chi connectivity index (χ1n) is 6.52. The van der Waals surface area contributed by atoms with E-state index >= 15 is 0 Å². The molecule has 0 aliphatic carbocycles. The number of hydrogen-bond acceptors (Lipinski definition) is 3. The van der Waals surface area contributed by atoms with E-state index in [1.165, 1.54) is 0 Å². The molecule has 0 amide bonds. The Balaban J connectivity index is 1.95. The van der Waals surface area contributed by atoms with Crippen LogP contribution in [0.2, 0.25) is 0 Å². The van der Waals surface area contributed by atoms with Crippen molar-refractivity contribution >= 4 is 16.7 Å². The molecule has 0 saturated heterocycles. The number of phenols is 1. The highest BCUT2D eigenvalue weighted by Gasteiger charge is 2.05. The standard InChI is InChI=1S/C16H15N3O2/c17-16(18-21)13-3-6-15-12(9-13)7-8-19(15)10-11-1-4-14(20)5-2-11/h1-9,20-21H,10H2,(H2,17,18). The van der Waals surface area contributed by atoms with Crippen molar-refractivity contribution in [3.63, 3.8) is 0 Å². The number of nitrogens with two attached hydrogens (primary N) is 1. The molecule has 4 N–H and O–H groups in total. The van der Waals surface area contributed by atoms with Crippen LogP contribution in [-0.2, 0) is 6.54 Å². The molecule has 5 nitrogen and oxygen atoms in total. The number of oxime groups is 1. The van der Waals surface area contributed by atoms with Crippen LogP contribution in [0.25, 0.3) is 10.9 Å². The fourth-order valence-corrected chi connectivity index (χ4v) is 2.35. The number of aromatic hydroxyl groups is 1. The summed E-state index contributed by atoms with van der Waals surface area (Å²) < 4.78 is 2.11. The van der Waals surface area contributed by atoms with Crippen LogP contribution in [0, 0.1) is 0 Å². The number of aromatic nitrogens is 1. The molecule has 0 unspecified atom stereocenters. The number of nitrogens with zero attached hydrogens (tertiary/aromatic N) is 2. The van der Waals surface area contributed by atoms with Gasteiger partial charge in [-0.3, -0.25) is 0 Å². The Labute approximate surface area is 121 Å². The summed E-state index contributed by atoms with van der Waals surface area (Å²) in [6, 6.07) is 14.8. The zero-order chi connectivity index (χ0) is 14.8. The predicted octanol–water partition coefficient (Wildman–Crippen LogP) is 2.49. The first kappa shape index (κ1) is 13.1. The van der Waals surface area contributed by atoms with Crippen molar-refractivity contribution in [2.45, 2.75) is 6.54 Å². The molecule has 3 rings (SSSR count). The van der Waals surface area contributed by atoms with Gasteiger partial charge < -0.3 is 20.6 Å². The minimum atomic E-state index is 0.100. The summed E-state index contributed by atoms with van der Waals surface area (Å²) in [5.41, 5.74) is 8.46. The van der Waals surface area contributed by atoms with Gasteiger partial charge in [-0.2, -0.15) is 0 Å². The first-order chi connectivity index (χ1) is 10.2. The second-order valence-electron chi connectivity index (χ2n) is 4.87. The van der Waals surface area contributed by atoms with Crippen LogP contribution in [0.1, 0.15) is 11.1 Å². The molecule has 106 valence electrons. The van der Waals surface area contributed by atoms with E-state index in [1.54, 1.807) is 12.1 Å². The normalized spacial score (nSPS) is 11.9. The van der Waals surface area contributed by atoms with Crippen LogP contribution < -0.4 is 5.73 Å². The molecule has 0 spiro atoms. The van der Waals surface area contributed by atoms with Gasteiger partial charge in [-0.05, 0) is 42.0 Å². The topological polar surface area (TPSA) is 83.8 Å². The largest absolute Gasteiger partial charge is 0.508 e. The molecule has 0 atom stereocenters. The van der Waals surface area contributed by atoms with Crippen molar-refractivity contribution in [1.29, 1.82) is 0 Å². The SMILES string of the molecule is N/C(=N/O)c1ccc2c(ccn2Cc2ccc(O)cc2)c1. The molecular formula is C16H15N3O2. The fraction of sp³-hybridized carbons (Fsp3) is 0.0625. The van der Waals surface area contributed by atoms with Crippen molar-refractivity contribution in [2.24, 2.45) is 10.9 Å². The van der Waals surface area contributed by atoms with Gasteiger partial charge in [0.2, 0.25) is 0 Å². The van der Waals surface area contributed by atoms with Gasteiger partial charge in [-0.1, -0.05) is 17.3 Å². The lowest BCUT2D eigenvalue weighted by Gasteiger charge is -2.06. The van der Waals surface area contributed by atoms with Crippen LogP contribution in [-0.4, -0.2) is 20.7 Å². The van der Waals surface area contributed by atoms with Crippen molar-refractivity contribution < 1.29 is 10.3 Å². The third-order valence-electron chi connectivity index (χ3n) is 3.46. The van der Waals surface area contributed by atoms with E-state index in [0.29, 0.717) is 12.1 Å². The van der Waals surface area contributed by atoms with Crippen molar-refractivity contribution in [2.75, 3.05) is 0 Å². The lowest BCUT2D eigenvalue weighted by molar-refractivity contribution is 0.318. The van der Waals surface area contributed by atoms with Crippen molar-refractivity contribution in [1.82, 2.24) is 4.57 Å². The van der Waals surface area contributed by atoms with Gasteiger partial charge in [0.1, 0.15) is 5.75 Å². The van der Waals surface area contributed by atoms with Gasteiger partial charge in [-0.25, -0.2) is 0 Å². The third-order valence-corrected chi connectivity index (χ3v) is 3.46. The number of phenolic OH excluding ortho intramolecular Hbond substituents is 1. The summed E-state index contributed by atoms with van der Waals surface area (Å²) in [7, 11) is 0. The molecule has 0 bridgehead atoms. The minimum absolute atomic E-state index is 0.100. The number of rotatable bonds is 3. The molecule has 1 aromatic heterocycles. The molecule has 0 saturated carbocycles. The van der Waals surface area contributed by atoms with E-state index in [1.807, 2.05) is 42.6 Å². The molecule has 1 heterocycles. The summed E-state index contributed by atoms with van der Waals surface area (Å²) in [5, 5.41) is 22.1. The maximum absolute atomic E-state index is 9.31. The van der Waals surface area contributed by atoms with Gasteiger partial charge in [0.25, 0.3) is 0 Å². The number of benzene rings is 2. The van der Waals surface area contributed by atoms with Crippen LogP contribution in [0.5, 0.6) is 5.75 Å². The zero-order valence-corrected chi connectivity index (χ0v) is 11.3. The maximum Gasteiger partial charge on any atom is 0.170 e. The summed E-state index contributed by atoms with van der Waals surface area (Å²) in [4.78, 5) is 0. The van der Waals surface area contributed by atoms with Gasteiger partial charge in [0, 0.05) is 29.2 Å². The highest BCUT2D eigenvalue weighted by atomic mass is 16.4. The van der Waals surface area contributed by atoms with E-state index in [2.05, 4.69) is 9.72 Å². The lowest BCUT2D eigenvalue weighted by Crippen LogP contribution is -2.12. The second kappa shape index (κ2) is 5.20. The van der Waals surface area contributed by atoms with Crippen LogP contribution in [0.4, 0.5) is 0 Å². The molecule has 0 fully saturated rings. The summed E-state index contributed by atoms with van der Waals surface area (Å²) in [5.74, 6) is 0.364. The van der Waals surface area contributed by atoms with E-state index in [9.17, 15) is 5.11 Å². The molecule has 0 aliphatic rings. The van der Waals surface area contributed by atoms with Crippen molar-refractivity contribution in [3.8, 4) is 5.75 Å². The summed E-state index contributed by atoms with van der Waals surface area (Å²) >= 11 is 0. The van der Waals surface area contributed by atoms with Crippen LogP contribution in [0.15, 0.2) is 59.9 Å². The maximum atomic E-state index is 9.31. The van der Waals surface area contributed by atoms with Gasteiger partial charge in [0.05, 0.1) is 0 Å². The Morgan fingerprint density at radius 1 is 1.10 bits per heavy atom. The molecule has 0 aliphatic heterocycles. The van der Waals surface area contributed by atoms with Gasteiger partial charge in [-0.15, -0.1) is 0 Å². The Hall–Kier alpha value is -2.95. The summed E-state index contributed by atoms with van der Waals surface area (Å²) in [6.07, 6.45) is 1.99. The Morgan fingerprint density at radius 3 is 2.57 bits per heavy atom.